The fraction of sp³-hybridized carbons (Fsp3) is 0.440. The number of amides is 3. The van der Waals surface area contributed by atoms with Crippen LogP contribution in [0.2, 0.25) is 0 Å². The van der Waals surface area contributed by atoms with E-state index in [1.807, 2.05) is 47.4 Å². The number of ether oxygens (including phenoxy) is 1. The second-order valence-electron chi connectivity index (χ2n) is 8.14. The molecule has 3 amide bonds. The second-order valence-corrected chi connectivity index (χ2v) is 8.14. The number of nitrogens with zero attached hydrogens (tertiary/aromatic N) is 3. The third-order valence-corrected chi connectivity index (χ3v) is 5.83. The van der Waals surface area contributed by atoms with Crippen molar-refractivity contribution in [2.75, 3.05) is 53.4 Å². The minimum atomic E-state index is -0.162. The van der Waals surface area contributed by atoms with Gasteiger partial charge in [-0.2, -0.15) is 0 Å². The molecule has 1 aliphatic rings. The average molecular weight is 439 g/mol. The number of hydrogen-bond donors (Lipinski definition) is 1. The molecular weight excluding hydrogens is 404 g/mol. The first-order valence-electron chi connectivity index (χ1n) is 11.2. The van der Waals surface area contributed by atoms with Crippen molar-refractivity contribution in [1.82, 2.24) is 20.0 Å². The molecule has 0 radical (unpaired) electrons. The molecule has 1 aliphatic heterocycles. The van der Waals surface area contributed by atoms with E-state index < -0.39 is 0 Å². The molecule has 7 nitrogen and oxygen atoms in total. The van der Waals surface area contributed by atoms with Gasteiger partial charge in [-0.1, -0.05) is 42.5 Å². The van der Waals surface area contributed by atoms with Crippen LogP contribution in [0.25, 0.3) is 0 Å². The number of benzene rings is 2. The van der Waals surface area contributed by atoms with Crippen molar-refractivity contribution in [2.45, 2.75) is 19.4 Å². The highest BCUT2D eigenvalue weighted by Crippen LogP contribution is 2.13. The van der Waals surface area contributed by atoms with Gasteiger partial charge in [-0.15, -0.1) is 0 Å². The summed E-state index contributed by atoms with van der Waals surface area (Å²) in [6.45, 7) is 5.13. The van der Waals surface area contributed by atoms with Crippen molar-refractivity contribution >= 4 is 11.9 Å². The van der Waals surface area contributed by atoms with Crippen LogP contribution in [0.4, 0.5) is 4.79 Å². The largest absolute Gasteiger partial charge is 0.497 e. The Bertz CT molecular complexity index is 849. The van der Waals surface area contributed by atoms with Gasteiger partial charge in [-0.25, -0.2) is 4.79 Å². The normalized spacial score (nSPS) is 14.1. The number of rotatable bonds is 9. The van der Waals surface area contributed by atoms with Crippen LogP contribution in [0, 0.1) is 0 Å². The Hall–Kier alpha value is -3.06. The van der Waals surface area contributed by atoms with Gasteiger partial charge in [0.05, 0.1) is 7.11 Å². The van der Waals surface area contributed by atoms with Gasteiger partial charge in [0, 0.05) is 59.3 Å². The summed E-state index contributed by atoms with van der Waals surface area (Å²) in [5.41, 5.74) is 2.36. The quantitative estimate of drug-likeness (QED) is 0.654. The van der Waals surface area contributed by atoms with E-state index >= 15 is 0 Å². The van der Waals surface area contributed by atoms with Gasteiger partial charge in [0.15, 0.2) is 0 Å². The van der Waals surface area contributed by atoms with E-state index in [9.17, 15) is 9.59 Å². The van der Waals surface area contributed by atoms with Gasteiger partial charge >= 0.3 is 6.03 Å². The van der Waals surface area contributed by atoms with E-state index in [0.717, 1.165) is 50.5 Å². The summed E-state index contributed by atoms with van der Waals surface area (Å²) < 4.78 is 5.20. The van der Waals surface area contributed by atoms with E-state index in [-0.39, 0.29) is 11.9 Å². The molecule has 0 saturated carbocycles. The first-order chi connectivity index (χ1) is 15.5. The summed E-state index contributed by atoms with van der Waals surface area (Å²) in [5, 5.41) is 2.85. The Kier molecular flexibility index (Phi) is 8.92. The zero-order valence-electron chi connectivity index (χ0n) is 19.1. The monoisotopic (exact) mass is 438 g/mol. The Morgan fingerprint density at radius 2 is 1.66 bits per heavy atom. The smallest absolute Gasteiger partial charge is 0.317 e. The summed E-state index contributed by atoms with van der Waals surface area (Å²) in [5.74, 6) is 0.978. The standard InChI is InChI=1S/C25H34N4O3/c1-27(20-22-6-4-3-5-7-22)25(31)26-14-12-24(30)29-18-16-28(17-19-29)15-13-21-8-10-23(32-2)11-9-21/h3-11H,12-20H2,1-2H3,(H,26,31). The Morgan fingerprint density at radius 1 is 0.969 bits per heavy atom. The second kappa shape index (κ2) is 12.1. The van der Waals surface area contributed by atoms with Crippen LogP contribution in [0.5, 0.6) is 5.75 Å². The van der Waals surface area contributed by atoms with Crippen molar-refractivity contribution in [1.29, 1.82) is 0 Å². The maximum Gasteiger partial charge on any atom is 0.317 e. The molecule has 0 atom stereocenters. The van der Waals surface area contributed by atoms with E-state index in [2.05, 4.69) is 22.3 Å². The summed E-state index contributed by atoms with van der Waals surface area (Å²) in [4.78, 5) is 30.7. The topological polar surface area (TPSA) is 65.1 Å². The van der Waals surface area contributed by atoms with E-state index in [1.54, 1.807) is 19.1 Å². The third kappa shape index (κ3) is 7.27. The molecule has 0 unspecified atom stereocenters. The molecule has 0 spiro atoms. The predicted molar refractivity (Wildman–Crippen MR) is 126 cm³/mol. The van der Waals surface area contributed by atoms with Crippen molar-refractivity contribution in [3.05, 3.63) is 65.7 Å². The van der Waals surface area contributed by atoms with E-state index in [1.165, 1.54) is 5.56 Å². The van der Waals surface area contributed by atoms with Crippen LogP contribution in [0.3, 0.4) is 0 Å². The van der Waals surface area contributed by atoms with Gasteiger partial charge in [-0.05, 0) is 29.7 Å². The highest BCUT2D eigenvalue weighted by Gasteiger charge is 2.21. The molecule has 1 heterocycles. The molecule has 172 valence electrons. The molecule has 2 aromatic carbocycles. The zero-order valence-corrected chi connectivity index (χ0v) is 19.1. The molecular formula is C25H34N4O3. The highest BCUT2D eigenvalue weighted by atomic mass is 16.5. The number of hydrogen-bond acceptors (Lipinski definition) is 4. The molecule has 0 aromatic heterocycles. The van der Waals surface area contributed by atoms with Crippen LogP contribution in [-0.2, 0) is 17.8 Å². The van der Waals surface area contributed by atoms with Crippen molar-refractivity contribution < 1.29 is 14.3 Å². The lowest BCUT2D eigenvalue weighted by atomic mass is 10.1. The summed E-state index contributed by atoms with van der Waals surface area (Å²) in [6, 6.07) is 17.9. The molecule has 7 heteroatoms. The first kappa shape index (κ1) is 23.6. The number of piperazine rings is 1. The number of carbonyl (C=O) groups is 2. The predicted octanol–water partition coefficient (Wildman–Crippen LogP) is 2.61. The van der Waals surface area contributed by atoms with Crippen LogP contribution >= 0.6 is 0 Å². The van der Waals surface area contributed by atoms with Gasteiger partial charge in [0.25, 0.3) is 0 Å². The van der Waals surface area contributed by atoms with Gasteiger partial charge < -0.3 is 19.9 Å². The molecule has 32 heavy (non-hydrogen) atoms. The van der Waals surface area contributed by atoms with Crippen molar-refractivity contribution in [3.8, 4) is 5.75 Å². The Balaban J connectivity index is 1.30. The highest BCUT2D eigenvalue weighted by molar-refractivity contribution is 5.78. The lowest BCUT2D eigenvalue weighted by Crippen LogP contribution is -2.49. The van der Waals surface area contributed by atoms with Crippen LogP contribution in [0.15, 0.2) is 54.6 Å². The summed E-state index contributed by atoms with van der Waals surface area (Å²) >= 11 is 0. The molecule has 1 N–H and O–H groups in total. The van der Waals surface area contributed by atoms with E-state index in [0.29, 0.717) is 19.5 Å². The van der Waals surface area contributed by atoms with E-state index in [4.69, 9.17) is 4.74 Å². The molecule has 3 rings (SSSR count). The van der Waals surface area contributed by atoms with Gasteiger partial charge in [-0.3, -0.25) is 9.69 Å². The maximum atomic E-state index is 12.5. The summed E-state index contributed by atoms with van der Waals surface area (Å²) in [6.07, 6.45) is 1.32. The first-order valence-corrected chi connectivity index (χ1v) is 11.2. The van der Waals surface area contributed by atoms with Gasteiger partial charge in [0.2, 0.25) is 5.91 Å². The molecule has 1 fully saturated rings. The lowest BCUT2D eigenvalue weighted by molar-refractivity contribution is -0.132. The molecule has 0 bridgehead atoms. The average Bonchev–Trinajstić information content (AvgIpc) is 2.83. The Morgan fingerprint density at radius 3 is 2.31 bits per heavy atom. The number of carbonyl (C=O) groups excluding carboxylic acids is 2. The molecule has 1 saturated heterocycles. The lowest BCUT2D eigenvalue weighted by Gasteiger charge is -2.35. The maximum absolute atomic E-state index is 12.5. The summed E-state index contributed by atoms with van der Waals surface area (Å²) in [7, 11) is 3.43. The van der Waals surface area contributed by atoms with Crippen LogP contribution < -0.4 is 10.1 Å². The van der Waals surface area contributed by atoms with Crippen molar-refractivity contribution in [2.24, 2.45) is 0 Å². The van der Waals surface area contributed by atoms with Gasteiger partial charge in [0.1, 0.15) is 5.75 Å². The number of urea groups is 1. The minimum Gasteiger partial charge on any atom is -0.497 e. The zero-order chi connectivity index (χ0) is 22.8. The SMILES string of the molecule is COc1ccc(CCN2CCN(C(=O)CCNC(=O)N(C)Cc3ccccc3)CC2)cc1. The third-order valence-electron chi connectivity index (χ3n) is 5.83. The van der Waals surface area contributed by atoms with Crippen molar-refractivity contribution in [3.63, 3.8) is 0 Å². The molecule has 2 aromatic rings. The Labute approximate surface area is 190 Å². The number of nitrogens with one attached hydrogen (secondary N) is 1. The molecule has 0 aliphatic carbocycles. The fourth-order valence-corrected chi connectivity index (χ4v) is 3.80. The number of methoxy groups -OCH3 is 1. The van der Waals surface area contributed by atoms with Crippen LogP contribution in [0.1, 0.15) is 17.5 Å². The fourth-order valence-electron chi connectivity index (χ4n) is 3.80. The minimum absolute atomic E-state index is 0.103. The van der Waals surface area contributed by atoms with Crippen LogP contribution in [-0.4, -0.2) is 80.1 Å².